The molecule has 0 aliphatic carbocycles. The van der Waals surface area contributed by atoms with Gasteiger partial charge in [-0.3, -0.25) is 4.79 Å². The molecule has 1 unspecified atom stereocenters. The maximum atomic E-state index is 11.5. The lowest BCUT2D eigenvalue weighted by Gasteiger charge is -2.14. The first-order chi connectivity index (χ1) is 10.6. The van der Waals surface area contributed by atoms with Crippen LogP contribution in [-0.4, -0.2) is 13.1 Å². The van der Waals surface area contributed by atoms with E-state index in [-0.39, 0.29) is 12.1 Å². The predicted octanol–water partition coefficient (Wildman–Crippen LogP) is 4.77. The Morgan fingerprint density at radius 3 is 2.05 bits per heavy atom. The highest BCUT2D eigenvalue weighted by molar-refractivity contribution is 5.69. The smallest absolute Gasteiger partial charge is 0.306 e. The molecule has 3 heteroatoms. The molecule has 0 saturated heterocycles. The van der Waals surface area contributed by atoms with Gasteiger partial charge in [-0.15, -0.1) is 0 Å². The first-order valence-corrected chi connectivity index (χ1v) is 7.58. The second-order valence-electron chi connectivity index (χ2n) is 5.23. The fraction of sp³-hybridized carbons (Fsp3) is 0.316. The topological polar surface area (TPSA) is 35.5 Å². The van der Waals surface area contributed by atoms with E-state index in [2.05, 4.69) is 0 Å². The van der Waals surface area contributed by atoms with Crippen LogP contribution in [0.2, 0.25) is 0 Å². The zero-order valence-electron chi connectivity index (χ0n) is 13.3. The number of carbonyl (C=O) groups is 1. The van der Waals surface area contributed by atoms with Crippen molar-refractivity contribution in [1.29, 1.82) is 0 Å². The largest absolute Gasteiger partial charge is 0.497 e. The molecule has 2 aromatic carbocycles. The molecule has 0 amide bonds. The van der Waals surface area contributed by atoms with Crippen LogP contribution >= 0.6 is 0 Å². The number of carbonyl (C=O) groups excluding carboxylic acids is 1. The average Bonchev–Trinajstić information content (AvgIpc) is 2.55. The summed E-state index contributed by atoms with van der Waals surface area (Å²) in [5.74, 6) is 0.700. The molecule has 0 aromatic heterocycles. The molecule has 116 valence electrons. The SMILES string of the molecule is CCCC(=O)OC(C)c1ccc(-c2ccc(OC)cc2)cc1. The summed E-state index contributed by atoms with van der Waals surface area (Å²) in [6, 6.07) is 16.0. The van der Waals surface area contributed by atoms with Crippen LogP contribution < -0.4 is 4.74 Å². The van der Waals surface area contributed by atoms with Gasteiger partial charge >= 0.3 is 5.97 Å². The molecule has 0 aliphatic rings. The van der Waals surface area contributed by atoms with E-state index in [0.717, 1.165) is 28.9 Å². The summed E-state index contributed by atoms with van der Waals surface area (Å²) in [4.78, 5) is 11.5. The van der Waals surface area contributed by atoms with Crippen LogP contribution in [0.25, 0.3) is 11.1 Å². The molecule has 2 rings (SSSR count). The summed E-state index contributed by atoms with van der Waals surface area (Å²) in [5.41, 5.74) is 3.25. The fourth-order valence-corrected chi connectivity index (χ4v) is 2.26. The molecule has 0 N–H and O–H groups in total. The number of hydrogen-bond acceptors (Lipinski definition) is 3. The van der Waals surface area contributed by atoms with Gasteiger partial charge in [-0.05, 0) is 42.2 Å². The first-order valence-electron chi connectivity index (χ1n) is 7.58. The standard InChI is InChI=1S/C19H22O3/c1-4-5-19(20)22-14(2)15-6-8-16(9-7-15)17-10-12-18(21-3)13-11-17/h6-14H,4-5H2,1-3H3. The third-order valence-corrected chi connectivity index (χ3v) is 3.57. The van der Waals surface area contributed by atoms with Crippen LogP contribution in [0.4, 0.5) is 0 Å². The summed E-state index contributed by atoms with van der Waals surface area (Å²) >= 11 is 0. The molecule has 1 atom stereocenters. The number of benzene rings is 2. The normalized spacial score (nSPS) is 11.8. The lowest BCUT2D eigenvalue weighted by molar-refractivity contribution is -0.148. The third kappa shape index (κ3) is 4.10. The minimum Gasteiger partial charge on any atom is -0.497 e. The number of ether oxygens (including phenoxy) is 2. The quantitative estimate of drug-likeness (QED) is 0.721. The van der Waals surface area contributed by atoms with Crippen molar-refractivity contribution in [2.24, 2.45) is 0 Å². The highest BCUT2D eigenvalue weighted by Crippen LogP contribution is 2.25. The Labute approximate surface area is 131 Å². The van der Waals surface area contributed by atoms with Gasteiger partial charge in [0.15, 0.2) is 0 Å². The number of hydrogen-bond donors (Lipinski definition) is 0. The molecule has 0 spiro atoms. The highest BCUT2D eigenvalue weighted by atomic mass is 16.5. The van der Waals surface area contributed by atoms with Gasteiger partial charge in [-0.25, -0.2) is 0 Å². The molecule has 0 heterocycles. The van der Waals surface area contributed by atoms with Crippen molar-refractivity contribution in [3.8, 4) is 16.9 Å². The molecule has 2 aromatic rings. The Hall–Kier alpha value is -2.29. The molecule has 0 aliphatic heterocycles. The molecule has 0 saturated carbocycles. The van der Waals surface area contributed by atoms with Crippen molar-refractivity contribution in [2.45, 2.75) is 32.8 Å². The molecule has 0 radical (unpaired) electrons. The van der Waals surface area contributed by atoms with E-state index in [9.17, 15) is 4.79 Å². The molecular weight excluding hydrogens is 276 g/mol. The summed E-state index contributed by atoms with van der Waals surface area (Å²) < 4.78 is 10.6. The van der Waals surface area contributed by atoms with Crippen molar-refractivity contribution < 1.29 is 14.3 Å². The van der Waals surface area contributed by atoms with Crippen molar-refractivity contribution in [3.63, 3.8) is 0 Å². The van der Waals surface area contributed by atoms with E-state index in [1.165, 1.54) is 0 Å². The third-order valence-electron chi connectivity index (χ3n) is 3.57. The van der Waals surface area contributed by atoms with E-state index < -0.39 is 0 Å². The maximum absolute atomic E-state index is 11.5. The van der Waals surface area contributed by atoms with Gasteiger partial charge in [0.1, 0.15) is 11.9 Å². The molecule has 3 nitrogen and oxygen atoms in total. The van der Waals surface area contributed by atoms with Crippen LogP contribution in [-0.2, 0) is 9.53 Å². The molecule has 0 bridgehead atoms. The second-order valence-corrected chi connectivity index (χ2v) is 5.23. The minimum atomic E-state index is -0.219. The zero-order valence-corrected chi connectivity index (χ0v) is 13.3. The summed E-state index contributed by atoms with van der Waals surface area (Å²) in [6.45, 7) is 3.87. The van der Waals surface area contributed by atoms with E-state index in [1.54, 1.807) is 7.11 Å². The van der Waals surface area contributed by atoms with E-state index in [0.29, 0.717) is 6.42 Å². The number of methoxy groups -OCH3 is 1. The summed E-state index contributed by atoms with van der Waals surface area (Å²) in [6.07, 6.45) is 1.06. The van der Waals surface area contributed by atoms with Crippen molar-refractivity contribution in [1.82, 2.24) is 0 Å². The lowest BCUT2D eigenvalue weighted by atomic mass is 10.0. The van der Waals surface area contributed by atoms with Crippen LogP contribution in [0.3, 0.4) is 0 Å². The average molecular weight is 298 g/mol. The summed E-state index contributed by atoms with van der Waals surface area (Å²) in [7, 11) is 1.66. The van der Waals surface area contributed by atoms with Gasteiger partial charge in [0.05, 0.1) is 7.11 Å². The van der Waals surface area contributed by atoms with Crippen molar-refractivity contribution in [3.05, 3.63) is 54.1 Å². The summed E-state index contributed by atoms with van der Waals surface area (Å²) in [5, 5.41) is 0. The van der Waals surface area contributed by atoms with Gasteiger partial charge in [0.2, 0.25) is 0 Å². The van der Waals surface area contributed by atoms with Crippen LogP contribution in [0.5, 0.6) is 5.75 Å². The van der Waals surface area contributed by atoms with Crippen LogP contribution in [0, 0.1) is 0 Å². The van der Waals surface area contributed by atoms with Crippen molar-refractivity contribution in [2.75, 3.05) is 7.11 Å². The second kappa shape index (κ2) is 7.64. The van der Waals surface area contributed by atoms with E-state index in [1.807, 2.05) is 62.4 Å². The molecule has 22 heavy (non-hydrogen) atoms. The lowest BCUT2D eigenvalue weighted by Crippen LogP contribution is -2.08. The highest BCUT2D eigenvalue weighted by Gasteiger charge is 2.11. The predicted molar refractivity (Wildman–Crippen MR) is 87.8 cm³/mol. The fourth-order valence-electron chi connectivity index (χ4n) is 2.26. The van der Waals surface area contributed by atoms with Gasteiger partial charge in [-0.1, -0.05) is 43.3 Å². The van der Waals surface area contributed by atoms with Gasteiger partial charge in [0, 0.05) is 6.42 Å². The Bertz CT molecular complexity index is 600. The monoisotopic (exact) mass is 298 g/mol. The molecular formula is C19H22O3. The van der Waals surface area contributed by atoms with Crippen LogP contribution in [0.1, 0.15) is 38.4 Å². The van der Waals surface area contributed by atoms with Gasteiger partial charge in [-0.2, -0.15) is 0 Å². The Morgan fingerprint density at radius 2 is 1.55 bits per heavy atom. The van der Waals surface area contributed by atoms with Crippen molar-refractivity contribution >= 4 is 5.97 Å². The maximum Gasteiger partial charge on any atom is 0.306 e. The Balaban J connectivity index is 2.07. The Kier molecular flexibility index (Phi) is 5.59. The van der Waals surface area contributed by atoms with E-state index in [4.69, 9.17) is 9.47 Å². The van der Waals surface area contributed by atoms with E-state index >= 15 is 0 Å². The van der Waals surface area contributed by atoms with Gasteiger partial charge in [0.25, 0.3) is 0 Å². The number of rotatable bonds is 6. The minimum absolute atomic E-state index is 0.144. The molecule has 0 fully saturated rings. The number of esters is 1. The zero-order chi connectivity index (χ0) is 15.9. The Morgan fingerprint density at radius 1 is 1.00 bits per heavy atom. The van der Waals surface area contributed by atoms with Crippen LogP contribution in [0.15, 0.2) is 48.5 Å². The first kappa shape index (κ1) is 16.1. The van der Waals surface area contributed by atoms with Gasteiger partial charge < -0.3 is 9.47 Å².